The number of aryl methyl sites for hydroxylation is 1. The topological polar surface area (TPSA) is 73.9 Å². The summed E-state index contributed by atoms with van der Waals surface area (Å²) in [6, 6.07) is 26.3. The molecule has 5 aromatic rings. The molecular weight excluding hydrogens is 396 g/mol. The largest absolute Gasteiger partial charge is 0.489 e. The fraction of sp³-hybridized carbons (Fsp3) is 0.0741. The quantitative estimate of drug-likeness (QED) is 0.389. The summed E-state index contributed by atoms with van der Waals surface area (Å²) in [6.07, 6.45) is 3.30. The van der Waals surface area contributed by atoms with Crippen molar-refractivity contribution in [2.45, 2.75) is 13.5 Å². The van der Waals surface area contributed by atoms with E-state index in [9.17, 15) is 0 Å². The molecule has 3 aromatic carbocycles. The SMILES string of the molecule is Cc1ccc(OCc2ccccc2)cc1-c1ncccc1-c1ccc2ncnc(N)c2c1. The first-order valence-electron chi connectivity index (χ1n) is 10.4. The van der Waals surface area contributed by atoms with E-state index in [1.807, 2.05) is 54.7 Å². The van der Waals surface area contributed by atoms with Gasteiger partial charge < -0.3 is 10.5 Å². The van der Waals surface area contributed by atoms with Gasteiger partial charge in [-0.25, -0.2) is 9.97 Å². The normalized spacial score (nSPS) is 10.9. The second-order valence-corrected chi connectivity index (χ2v) is 7.64. The van der Waals surface area contributed by atoms with E-state index in [4.69, 9.17) is 15.5 Å². The van der Waals surface area contributed by atoms with Crippen molar-refractivity contribution >= 4 is 16.7 Å². The molecule has 0 amide bonds. The third kappa shape index (κ3) is 3.88. The van der Waals surface area contributed by atoms with Crippen LogP contribution in [0.25, 0.3) is 33.3 Å². The van der Waals surface area contributed by atoms with E-state index in [1.54, 1.807) is 0 Å². The molecular formula is C27H22N4O. The Bertz CT molecular complexity index is 1400. The van der Waals surface area contributed by atoms with Crippen LogP contribution < -0.4 is 10.5 Å². The Kier molecular flexibility index (Phi) is 5.22. The molecule has 2 aromatic heterocycles. The molecule has 0 saturated carbocycles. The number of nitrogens with zero attached hydrogens (tertiary/aromatic N) is 3. The number of nitrogen functional groups attached to an aromatic ring is 1. The monoisotopic (exact) mass is 418 g/mol. The summed E-state index contributed by atoms with van der Waals surface area (Å²) in [6.45, 7) is 2.60. The maximum atomic E-state index is 6.09. The van der Waals surface area contributed by atoms with Crippen molar-refractivity contribution < 1.29 is 4.74 Å². The van der Waals surface area contributed by atoms with E-state index in [0.717, 1.165) is 50.2 Å². The third-order valence-electron chi connectivity index (χ3n) is 5.50. The van der Waals surface area contributed by atoms with Gasteiger partial charge in [-0.2, -0.15) is 0 Å². The molecule has 32 heavy (non-hydrogen) atoms. The number of hydrogen-bond acceptors (Lipinski definition) is 5. The first kappa shape index (κ1) is 19.7. The van der Waals surface area contributed by atoms with Crippen molar-refractivity contribution in [1.82, 2.24) is 15.0 Å². The molecule has 156 valence electrons. The summed E-state index contributed by atoms with van der Waals surface area (Å²) in [5.41, 5.74) is 13.1. The van der Waals surface area contributed by atoms with Crippen molar-refractivity contribution in [3.63, 3.8) is 0 Å². The third-order valence-corrected chi connectivity index (χ3v) is 5.50. The van der Waals surface area contributed by atoms with E-state index >= 15 is 0 Å². The molecule has 0 aliphatic carbocycles. The number of benzene rings is 3. The van der Waals surface area contributed by atoms with Crippen molar-refractivity contribution in [3.05, 3.63) is 103 Å². The van der Waals surface area contributed by atoms with Gasteiger partial charge in [-0.15, -0.1) is 0 Å². The summed E-state index contributed by atoms with van der Waals surface area (Å²) in [4.78, 5) is 13.2. The zero-order chi connectivity index (χ0) is 21.9. The Morgan fingerprint density at radius 2 is 1.69 bits per heavy atom. The molecule has 0 fully saturated rings. The average Bonchev–Trinajstić information content (AvgIpc) is 2.84. The number of ether oxygens (including phenoxy) is 1. The van der Waals surface area contributed by atoms with Crippen molar-refractivity contribution in [2.75, 3.05) is 5.73 Å². The van der Waals surface area contributed by atoms with Crippen LogP contribution in [0.1, 0.15) is 11.1 Å². The summed E-state index contributed by atoms with van der Waals surface area (Å²) >= 11 is 0. The molecule has 5 rings (SSSR count). The number of hydrogen-bond donors (Lipinski definition) is 1. The number of anilines is 1. The maximum absolute atomic E-state index is 6.09. The molecule has 0 unspecified atom stereocenters. The predicted octanol–water partition coefficient (Wildman–Crippen LogP) is 5.83. The van der Waals surface area contributed by atoms with Crippen molar-refractivity contribution in [3.8, 4) is 28.1 Å². The minimum Gasteiger partial charge on any atom is -0.489 e. The second kappa shape index (κ2) is 8.47. The molecule has 0 radical (unpaired) electrons. The molecule has 5 nitrogen and oxygen atoms in total. The summed E-state index contributed by atoms with van der Waals surface area (Å²) in [5, 5.41) is 0.830. The Hall–Kier alpha value is -4.25. The molecule has 2 N–H and O–H groups in total. The van der Waals surface area contributed by atoms with Crippen LogP contribution in [-0.4, -0.2) is 15.0 Å². The molecule has 0 atom stereocenters. The maximum Gasteiger partial charge on any atom is 0.134 e. The van der Waals surface area contributed by atoms with Gasteiger partial charge in [-0.3, -0.25) is 4.98 Å². The van der Waals surface area contributed by atoms with E-state index in [0.29, 0.717) is 12.4 Å². The fourth-order valence-corrected chi connectivity index (χ4v) is 3.78. The molecule has 0 aliphatic rings. The molecule has 2 heterocycles. The highest BCUT2D eigenvalue weighted by Crippen LogP contribution is 2.35. The average molecular weight is 419 g/mol. The zero-order valence-corrected chi connectivity index (χ0v) is 17.7. The van der Waals surface area contributed by atoms with Gasteiger partial charge in [0.25, 0.3) is 0 Å². The summed E-state index contributed by atoms with van der Waals surface area (Å²) in [7, 11) is 0. The van der Waals surface area contributed by atoms with Crippen LogP contribution in [0, 0.1) is 6.92 Å². The van der Waals surface area contributed by atoms with E-state index < -0.39 is 0 Å². The Morgan fingerprint density at radius 3 is 2.56 bits per heavy atom. The van der Waals surface area contributed by atoms with Crippen LogP contribution in [0.15, 0.2) is 91.4 Å². The lowest BCUT2D eigenvalue weighted by atomic mass is 9.95. The van der Waals surface area contributed by atoms with Gasteiger partial charge in [0.2, 0.25) is 0 Å². The highest BCUT2D eigenvalue weighted by molar-refractivity contribution is 5.93. The minimum atomic E-state index is 0.467. The number of aromatic nitrogens is 3. The standard InChI is InChI=1S/C27H22N4O/c1-18-9-11-21(32-16-19-6-3-2-4-7-19)15-23(18)26-22(8-5-13-29-26)20-10-12-25-24(14-20)27(28)31-17-30-25/h2-15,17H,16H2,1H3,(H2,28,30,31). The van der Waals surface area contributed by atoms with Crippen LogP contribution in [-0.2, 0) is 6.61 Å². The van der Waals surface area contributed by atoms with E-state index in [2.05, 4.69) is 47.2 Å². The van der Waals surface area contributed by atoms with E-state index in [-0.39, 0.29) is 0 Å². The number of rotatable bonds is 5. The van der Waals surface area contributed by atoms with Gasteiger partial charge in [0, 0.05) is 22.7 Å². The van der Waals surface area contributed by atoms with Gasteiger partial charge >= 0.3 is 0 Å². The van der Waals surface area contributed by atoms with Crippen LogP contribution in [0.2, 0.25) is 0 Å². The number of fused-ring (bicyclic) bond motifs is 1. The van der Waals surface area contributed by atoms with Crippen LogP contribution in [0.4, 0.5) is 5.82 Å². The van der Waals surface area contributed by atoms with Crippen molar-refractivity contribution in [1.29, 1.82) is 0 Å². The van der Waals surface area contributed by atoms with Gasteiger partial charge in [-0.05, 0) is 53.9 Å². The van der Waals surface area contributed by atoms with Gasteiger partial charge in [0.1, 0.15) is 24.5 Å². The minimum absolute atomic E-state index is 0.467. The van der Waals surface area contributed by atoms with Crippen molar-refractivity contribution in [2.24, 2.45) is 0 Å². The van der Waals surface area contributed by atoms with Gasteiger partial charge in [0.15, 0.2) is 0 Å². The van der Waals surface area contributed by atoms with Gasteiger partial charge in [0.05, 0.1) is 11.2 Å². The summed E-state index contributed by atoms with van der Waals surface area (Å²) in [5.74, 6) is 1.27. The zero-order valence-electron chi connectivity index (χ0n) is 17.7. The Morgan fingerprint density at radius 1 is 0.812 bits per heavy atom. The fourth-order valence-electron chi connectivity index (χ4n) is 3.78. The summed E-state index contributed by atoms with van der Waals surface area (Å²) < 4.78 is 6.07. The lowest BCUT2D eigenvalue weighted by molar-refractivity contribution is 0.306. The van der Waals surface area contributed by atoms with Crippen LogP contribution in [0.3, 0.4) is 0 Å². The van der Waals surface area contributed by atoms with Crippen LogP contribution >= 0.6 is 0 Å². The lowest BCUT2D eigenvalue weighted by Crippen LogP contribution is -1.97. The lowest BCUT2D eigenvalue weighted by Gasteiger charge is -2.14. The first-order chi connectivity index (χ1) is 15.7. The predicted molar refractivity (Wildman–Crippen MR) is 128 cm³/mol. The number of nitrogens with two attached hydrogens (primary N) is 1. The van der Waals surface area contributed by atoms with Crippen LogP contribution in [0.5, 0.6) is 5.75 Å². The Balaban J connectivity index is 1.54. The molecule has 0 bridgehead atoms. The molecule has 5 heteroatoms. The number of pyridine rings is 1. The smallest absolute Gasteiger partial charge is 0.134 e. The highest BCUT2D eigenvalue weighted by atomic mass is 16.5. The molecule has 0 saturated heterocycles. The van der Waals surface area contributed by atoms with Gasteiger partial charge in [-0.1, -0.05) is 48.5 Å². The highest BCUT2D eigenvalue weighted by Gasteiger charge is 2.13. The Labute approximate surface area is 186 Å². The molecule has 0 spiro atoms. The van der Waals surface area contributed by atoms with E-state index in [1.165, 1.54) is 6.33 Å². The second-order valence-electron chi connectivity index (χ2n) is 7.64. The first-order valence-corrected chi connectivity index (χ1v) is 10.4. The molecule has 0 aliphatic heterocycles.